The predicted molar refractivity (Wildman–Crippen MR) is 73.4 cm³/mol. The van der Waals surface area contributed by atoms with E-state index in [0.717, 1.165) is 11.3 Å². The maximum absolute atomic E-state index is 12.6. The molecule has 22 heavy (non-hydrogen) atoms. The molecule has 0 saturated heterocycles. The second kappa shape index (κ2) is 6.20. The highest BCUT2D eigenvalue weighted by Gasteiger charge is 2.41. The normalized spacial score (nSPS) is 15.0. The number of thiophene rings is 1. The number of hydrogen-bond acceptors (Lipinski definition) is 4. The van der Waals surface area contributed by atoms with Crippen molar-refractivity contribution in [3.8, 4) is 12.1 Å². The van der Waals surface area contributed by atoms with E-state index in [9.17, 15) is 18.0 Å². The Labute approximate surface area is 128 Å². The maximum Gasteiger partial charge on any atom is 0.406 e. The summed E-state index contributed by atoms with van der Waals surface area (Å²) in [4.78, 5) is 13.4. The van der Waals surface area contributed by atoms with Crippen LogP contribution in [0, 0.1) is 22.7 Å². The van der Waals surface area contributed by atoms with Gasteiger partial charge in [0.1, 0.15) is 24.3 Å². The number of hydrogen-bond donors (Lipinski definition) is 0. The summed E-state index contributed by atoms with van der Waals surface area (Å²) >= 11 is 1.14. The molecule has 0 aromatic carbocycles. The molecule has 114 valence electrons. The number of nitrogens with zero attached hydrogens (tertiary/aromatic N) is 3. The second-order valence-electron chi connectivity index (χ2n) is 4.80. The number of alkyl halides is 3. The zero-order valence-corrected chi connectivity index (χ0v) is 12.0. The van der Waals surface area contributed by atoms with Crippen molar-refractivity contribution in [1.29, 1.82) is 10.5 Å². The minimum absolute atomic E-state index is 0.359. The van der Waals surface area contributed by atoms with E-state index in [0.29, 0.717) is 28.2 Å². The lowest BCUT2D eigenvalue weighted by Crippen LogP contribution is -2.41. The standard InChI is InChI=1S/C14H10F3N3OS/c15-14(16,17)8-20(11-1-2-11)13(21)10(6-19)4-12-3-9(5-18)7-22-12/h3-4,7,11H,1-2,8H2/b10-4-. The van der Waals surface area contributed by atoms with Crippen molar-refractivity contribution in [2.24, 2.45) is 0 Å². The van der Waals surface area contributed by atoms with Crippen LogP contribution in [0.1, 0.15) is 23.3 Å². The van der Waals surface area contributed by atoms with Crippen LogP contribution >= 0.6 is 11.3 Å². The minimum atomic E-state index is -4.50. The molecule has 0 radical (unpaired) electrons. The van der Waals surface area contributed by atoms with Gasteiger partial charge in [0.2, 0.25) is 0 Å². The molecule has 8 heteroatoms. The van der Waals surface area contributed by atoms with Gasteiger partial charge in [-0.25, -0.2) is 0 Å². The van der Waals surface area contributed by atoms with E-state index in [4.69, 9.17) is 10.5 Å². The summed E-state index contributed by atoms with van der Waals surface area (Å²) in [5.74, 6) is -0.922. The molecule has 1 amide bonds. The van der Waals surface area contributed by atoms with Gasteiger partial charge in [0.05, 0.1) is 5.56 Å². The lowest BCUT2D eigenvalue weighted by molar-refractivity contribution is -0.159. The molecule has 1 aliphatic rings. The highest BCUT2D eigenvalue weighted by atomic mass is 32.1. The van der Waals surface area contributed by atoms with Crippen molar-refractivity contribution < 1.29 is 18.0 Å². The third kappa shape index (κ3) is 4.09. The van der Waals surface area contributed by atoms with Crippen molar-refractivity contribution in [1.82, 2.24) is 4.90 Å². The van der Waals surface area contributed by atoms with Crippen LogP contribution in [-0.4, -0.2) is 29.6 Å². The van der Waals surface area contributed by atoms with E-state index >= 15 is 0 Å². The first-order valence-corrected chi connectivity index (χ1v) is 7.20. The number of carbonyl (C=O) groups is 1. The molecule has 1 saturated carbocycles. The molecule has 1 aromatic rings. The lowest BCUT2D eigenvalue weighted by Gasteiger charge is -2.23. The van der Waals surface area contributed by atoms with Crippen LogP contribution in [0.25, 0.3) is 6.08 Å². The van der Waals surface area contributed by atoms with Gasteiger partial charge in [0, 0.05) is 16.3 Å². The fraction of sp³-hybridized carbons (Fsp3) is 0.357. The van der Waals surface area contributed by atoms with Crippen molar-refractivity contribution in [2.75, 3.05) is 6.54 Å². The fourth-order valence-corrected chi connectivity index (χ4v) is 2.64. The Morgan fingerprint density at radius 3 is 2.59 bits per heavy atom. The molecule has 0 N–H and O–H groups in total. The average molecular weight is 325 g/mol. The maximum atomic E-state index is 12.6. The first kappa shape index (κ1) is 16.1. The van der Waals surface area contributed by atoms with Crippen LogP contribution in [0.3, 0.4) is 0 Å². The summed E-state index contributed by atoms with van der Waals surface area (Å²) in [6.45, 7) is -1.36. The van der Waals surface area contributed by atoms with Gasteiger partial charge in [-0.2, -0.15) is 23.7 Å². The number of halogens is 3. The van der Waals surface area contributed by atoms with Crippen molar-refractivity contribution in [2.45, 2.75) is 25.1 Å². The van der Waals surface area contributed by atoms with Gasteiger partial charge in [-0.05, 0) is 25.0 Å². The fourth-order valence-electron chi connectivity index (χ4n) is 1.87. The number of amides is 1. The molecular formula is C14H10F3N3OS. The van der Waals surface area contributed by atoms with Gasteiger partial charge in [0.25, 0.3) is 5.91 Å². The quantitative estimate of drug-likeness (QED) is 0.631. The summed E-state index contributed by atoms with van der Waals surface area (Å²) in [6, 6.07) is 4.57. The molecular weight excluding hydrogens is 315 g/mol. The monoisotopic (exact) mass is 325 g/mol. The molecule has 1 fully saturated rings. The van der Waals surface area contributed by atoms with Gasteiger partial charge >= 0.3 is 6.18 Å². The van der Waals surface area contributed by atoms with Gasteiger partial charge in [0.15, 0.2) is 0 Å². The number of carbonyl (C=O) groups excluding carboxylic acids is 1. The van der Waals surface area contributed by atoms with Crippen LogP contribution in [-0.2, 0) is 4.79 Å². The lowest BCUT2D eigenvalue weighted by atomic mass is 10.2. The molecule has 0 atom stereocenters. The summed E-state index contributed by atoms with van der Waals surface area (Å²) in [5.41, 5.74) is 0.0119. The molecule has 0 bridgehead atoms. The number of rotatable bonds is 4. The topological polar surface area (TPSA) is 67.9 Å². The first-order chi connectivity index (χ1) is 10.3. The molecule has 1 heterocycles. The largest absolute Gasteiger partial charge is 0.406 e. The third-order valence-electron chi connectivity index (χ3n) is 2.98. The van der Waals surface area contributed by atoms with Gasteiger partial charge in [-0.3, -0.25) is 4.79 Å². The summed E-state index contributed by atoms with van der Waals surface area (Å²) < 4.78 is 37.7. The van der Waals surface area contributed by atoms with E-state index in [1.165, 1.54) is 12.1 Å². The van der Waals surface area contributed by atoms with E-state index < -0.39 is 24.7 Å². The Balaban J connectivity index is 2.23. The molecule has 2 rings (SSSR count). The molecule has 1 aromatic heterocycles. The first-order valence-electron chi connectivity index (χ1n) is 6.32. The van der Waals surface area contributed by atoms with Gasteiger partial charge in [-0.15, -0.1) is 11.3 Å². The van der Waals surface area contributed by atoms with Crippen LogP contribution in [0.5, 0.6) is 0 Å². The zero-order valence-electron chi connectivity index (χ0n) is 11.2. The molecule has 0 unspecified atom stereocenters. The van der Waals surface area contributed by atoms with Crippen molar-refractivity contribution in [3.63, 3.8) is 0 Å². The minimum Gasteiger partial charge on any atom is -0.326 e. The zero-order chi connectivity index (χ0) is 16.3. The van der Waals surface area contributed by atoms with Gasteiger partial charge < -0.3 is 4.90 Å². The van der Waals surface area contributed by atoms with Crippen LogP contribution in [0.4, 0.5) is 13.2 Å². The Hall–Kier alpha value is -2.32. The molecule has 0 spiro atoms. The SMILES string of the molecule is N#C/C(=C/c1cc(C#N)cs1)C(=O)N(CC(F)(F)F)C1CC1. The van der Waals surface area contributed by atoms with Crippen LogP contribution in [0.2, 0.25) is 0 Å². The van der Waals surface area contributed by atoms with Gasteiger partial charge in [-0.1, -0.05) is 0 Å². The third-order valence-corrected chi connectivity index (χ3v) is 3.86. The highest BCUT2D eigenvalue weighted by molar-refractivity contribution is 7.11. The average Bonchev–Trinajstić information content (AvgIpc) is 3.19. The van der Waals surface area contributed by atoms with Crippen LogP contribution in [0.15, 0.2) is 17.0 Å². The van der Waals surface area contributed by atoms with E-state index in [1.807, 2.05) is 6.07 Å². The highest BCUT2D eigenvalue weighted by Crippen LogP contribution is 2.31. The van der Waals surface area contributed by atoms with Crippen molar-refractivity contribution in [3.05, 3.63) is 27.5 Å². The van der Waals surface area contributed by atoms with Crippen molar-refractivity contribution >= 4 is 23.3 Å². The second-order valence-corrected chi connectivity index (χ2v) is 5.74. The summed E-state index contributed by atoms with van der Waals surface area (Å²) in [5, 5.41) is 19.3. The molecule has 1 aliphatic carbocycles. The van der Waals surface area contributed by atoms with E-state index in [1.54, 1.807) is 11.4 Å². The molecule has 4 nitrogen and oxygen atoms in total. The number of nitriles is 2. The Morgan fingerprint density at radius 2 is 2.14 bits per heavy atom. The molecule has 0 aliphatic heterocycles. The predicted octanol–water partition coefficient (Wildman–Crippen LogP) is 3.08. The van der Waals surface area contributed by atoms with Crippen LogP contribution < -0.4 is 0 Å². The van der Waals surface area contributed by atoms with E-state index in [2.05, 4.69) is 0 Å². The Bertz CT molecular complexity index is 689. The Morgan fingerprint density at radius 1 is 1.45 bits per heavy atom. The Kier molecular flexibility index (Phi) is 4.53. The summed E-state index contributed by atoms with van der Waals surface area (Å²) in [7, 11) is 0. The van der Waals surface area contributed by atoms with E-state index in [-0.39, 0.29) is 5.57 Å². The smallest absolute Gasteiger partial charge is 0.326 e. The summed E-state index contributed by atoms with van der Waals surface area (Å²) in [6.07, 6.45) is -2.26.